The number of nitrogen functional groups attached to an aromatic ring is 1. The highest BCUT2D eigenvalue weighted by Crippen LogP contribution is 2.38. The van der Waals surface area contributed by atoms with Crippen LogP contribution < -0.4 is 5.73 Å². The first kappa shape index (κ1) is 12.7. The molecule has 0 spiro atoms. The van der Waals surface area contributed by atoms with Crippen LogP contribution in [0.3, 0.4) is 0 Å². The van der Waals surface area contributed by atoms with E-state index in [2.05, 4.69) is 28.7 Å². The van der Waals surface area contributed by atoms with Crippen LogP contribution in [0.25, 0.3) is 10.4 Å². The number of rotatable bonds is 1. The maximum atomic E-state index is 8.95. The number of halogens is 2. The van der Waals surface area contributed by atoms with Gasteiger partial charge in [0.05, 0.1) is 10.7 Å². The van der Waals surface area contributed by atoms with Gasteiger partial charge in [0, 0.05) is 8.45 Å². The molecule has 1 heterocycles. The largest absolute Gasteiger partial charge is 0.397 e. The van der Waals surface area contributed by atoms with E-state index in [1.807, 2.05) is 25.1 Å². The number of benzene rings is 1. The summed E-state index contributed by atoms with van der Waals surface area (Å²) in [5.41, 5.74) is 8.40. The van der Waals surface area contributed by atoms with Crippen LogP contribution in [0.4, 0.5) is 5.69 Å². The lowest BCUT2D eigenvalue weighted by molar-refractivity contribution is 1.49. The van der Waals surface area contributed by atoms with Crippen molar-refractivity contribution in [2.75, 3.05) is 5.73 Å². The summed E-state index contributed by atoms with van der Waals surface area (Å²) in [6.45, 7) is 1.92. The van der Waals surface area contributed by atoms with E-state index in [4.69, 9.17) is 22.6 Å². The number of hydrogen-bond acceptors (Lipinski definition) is 3. The van der Waals surface area contributed by atoms with Gasteiger partial charge >= 0.3 is 0 Å². The molecule has 0 aliphatic carbocycles. The second-order valence-corrected chi connectivity index (χ2v) is 6.13. The van der Waals surface area contributed by atoms with Crippen molar-refractivity contribution in [2.24, 2.45) is 0 Å². The zero-order valence-electron chi connectivity index (χ0n) is 8.92. The second-order valence-electron chi connectivity index (χ2n) is 3.54. The molecule has 0 bridgehead atoms. The first-order chi connectivity index (χ1) is 8.04. The van der Waals surface area contributed by atoms with Crippen molar-refractivity contribution < 1.29 is 0 Å². The second kappa shape index (κ2) is 4.84. The zero-order chi connectivity index (χ0) is 12.6. The predicted octanol–water partition coefficient (Wildman–Crippen LogP) is 4.44. The van der Waals surface area contributed by atoms with Crippen LogP contribution in [0.2, 0.25) is 5.02 Å². The Kier molecular flexibility index (Phi) is 3.61. The minimum atomic E-state index is 0.562. The fraction of sp³-hybridized carbons (Fsp3) is 0.0833. The summed E-state index contributed by atoms with van der Waals surface area (Å²) in [4.78, 5) is 1.57. The van der Waals surface area contributed by atoms with Crippen molar-refractivity contribution in [3.8, 4) is 16.5 Å². The van der Waals surface area contributed by atoms with E-state index in [0.717, 1.165) is 19.6 Å². The van der Waals surface area contributed by atoms with Gasteiger partial charge in [-0.3, -0.25) is 0 Å². The lowest BCUT2D eigenvalue weighted by Crippen LogP contribution is -1.87. The van der Waals surface area contributed by atoms with Crippen LogP contribution >= 0.6 is 45.5 Å². The smallest absolute Gasteiger partial charge is 0.128 e. The topological polar surface area (TPSA) is 49.8 Å². The van der Waals surface area contributed by atoms with Crippen molar-refractivity contribution in [3.63, 3.8) is 0 Å². The average molecular weight is 375 g/mol. The van der Waals surface area contributed by atoms with Gasteiger partial charge < -0.3 is 5.73 Å². The molecule has 0 unspecified atom stereocenters. The van der Waals surface area contributed by atoms with Crippen molar-refractivity contribution in [2.45, 2.75) is 6.92 Å². The zero-order valence-corrected chi connectivity index (χ0v) is 12.7. The van der Waals surface area contributed by atoms with Gasteiger partial charge in [0.2, 0.25) is 0 Å². The molecule has 86 valence electrons. The molecular weight excluding hydrogens is 367 g/mol. The molecule has 0 atom stereocenters. The Morgan fingerprint density at radius 1 is 1.47 bits per heavy atom. The molecule has 1 aromatic heterocycles. The van der Waals surface area contributed by atoms with Crippen LogP contribution in [-0.4, -0.2) is 0 Å². The summed E-state index contributed by atoms with van der Waals surface area (Å²) in [6, 6.07) is 7.97. The maximum absolute atomic E-state index is 8.95. The van der Waals surface area contributed by atoms with Gasteiger partial charge in [-0.1, -0.05) is 17.7 Å². The molecule has 1 aromatic carbocycles. The Bertz CT molecular complexity index is 628. The number of thiophene rings is 1. The third-order valence-corrected chi connectivity index (χ3v) is 5.31. The van der Waals surface area contributed by atoms with Crippen molar-refractivity contribution in [3.05, 3.63) is 37.2 Å². The number of hydrogen-bond donors (Lipinski definition) is 1. The third-order valence-electron chi connectivity index (χ3n) is 2.48. The summed E-state index contributed by atoms with van der Waals surface area (Å²) >= 11 is 9.69. The first-order valence-corrected chi connectivity index (χ1v) is 7.06. The van der Waals surface area contributed by atoms with E-state index >= 15 is 0 Å². The number of nitriles is 1. The SMILES string of the molecule is Cc1c(-c2ccc(I)c(Cl)c2)sc(C#N)c1N. The molecule has 0 fully saturated rings. The van der Waals surface area contributed by atoms with Crippen LogP contribution in [0.1, 0.15) is 10.4 Å². The summed E-state index contributed by atoms with van der Waals surface area (Å²) in [5.74, 6) is 0. The highest BCUT2D eigenvalue weighted by molar-refractivity contribution is 14.1. The minimum Gasteiger partial charge on any atom is -0.397 e. The van der Waals surface area contributed by atoms with Gasteiger partial charge in [-0.05, 0) is 52.8 Å². The number of nitrogens with zero attached hydrogens (tertiary/aromatic N) is 1. The standard InChI is InChI=1S/C12H8ClIN2S/c1-6-11(16)10(5-15)17-12(6)7-2-3-9(14)8(13)4-7/h2-4H,16H2,1H3. The fourth-order valence-electron chi connectivity index (χ4n) is 1.52. The lowest BCUT2D eigenvalue weighted by Gasteiger charge is -2.02. The summed E-state index contributed by atoms with van der Waals surface area (Å²) in [7, 11) is 0. The van der Waals surface area contributed by atoms with Crippen LogP contribution in [0.15, 0.2) is 18.2 Å². The highest BCUT2D eigenvalue weighted by Gasteiger charge is 2.14. The van der Waals surface area contributed by atoms with Gasteiger partial charge in [-0.2, -0.15) is 5.26 Å². The maximum Gasteiger partial charge on any atom is 0.128 e. The minimum absolute atomic E-state index is 0.562. The van der Waals surface area contributed by atoms with E-state index in [1.165, 1.54) is 11.3 Å². The molecule has 5 heteroatoms. The molecule has 2 nitrogen and oxygen atoms in total. The van der Waals surface area contributed by atoms with Crippen LogP contribution in [0.5, 0.6) is 0 Å². The van der Waals surface area contributed by atoms with E-state index in [1.54, 1.807) is 0 Å². The lowest BCUT2D eigenvalue weighted by atomic mass is 10.1. The molecule has 0 aliphatic rings. The fourth-order valence-corrected chi connectivity index (χ4v) is 3.06. The number of anilines is 1. The van der Waals surface area contributed by atoms with Gasteiger partial charge in [0.15, 0.2) is 0 Å². The quantitative estimate of drug-likeness (QED) is 0.750. The van der Waals surface area contributed by atoms with E-state index in [0.29, 0.717) is 15.6 Å². The first-order valence-electron chi connectivity index (χ1n) is 4.79. The highest BCUT2D eigenvalue weighted by atomic mass is 127. The molecule has 0 saturated carbocycles. The Balaban J connectivity index is 2.61. The van der Waals surface area contributed by atoms with Gasteiger partial charge in [-0.25, -0.2) is 0 Å². The van der Waals surface area contributed by atoms with Crippen molar-refractivity contribution >= 4 is 51.2 Å². The summed E-state index contributed by atoms with van der Waals surface area (Å²) in [5, 5.41) is 9.67. The van der Waals surface area contributed by atoms with Crippen molar-refractivity contribution in [1.29, 1.82) is 5.26 Å². The monoisotopic (exact) mass is 374 g/mol. The van der Waals surface area contributed by atoms with Crippen molar-refractivity contribution in [1.82, 2.24) is 0 Å². The molecule has 0 amide bonds. The predicted molar refractivity (Wildman–Crippen MR) is 81.3 cm³/mol. The Morgan fingerprint density at radius 3 is 2.71 bits per heavy atom. The summed E-state index contributed by atoms with van der Waals surface area (Å²) < 4.78 is 1.01. The summed E-state index contributed by atoms with van der Waals surface area (Å²) in [6.07, 6.45) is 0. The molecular formula is C12H8ClIN2S. The molecule has 2 aromatic rings. The average Bonchev–Trinajstić information content (AvgIpc) is 2.60. The Morgan fingerprint density at radius 2 is 2.18 bits per heavy atom. The third kappa shape index (κ3) is 2.28. The van der Waals surface area contributed by atoms with Crippen LogP contribution in [0, 0.1) is 21.8 Å². The molecule has 2 N–H and O–H groups in total. The van der Waals surface area contributed by atoms with E-state index < -0.39 is 0 Å². The Hall–Kier alpha value is -0.770. The number of nitrogens with two attached hydrogens (primary N) is 1. The molecule has 0 saturated heterocycles. The molecule has 17 heavy (non-hydrogen) atoms. The van der Waals surface area contributed by atoms with E-state index in [-0.39, 0.29) is 0 Å². The van der Waals surface area contributed by atoms with Gasteiger partial charge in [0.1, 0.15) is 10.9 Å². The van der Waals surface area contributed by atoms with Crippen LogP contribution in [-0.2, 0) is 0 Å². The molecule has 0 radical (unpaired) electrons. The van der Waals surface area contributed by atoms with Gasteiger partial charge in [-0.15, -0.1) is 11.3 Å². The molecule has 0 aliphatic heterocycles. The normalized spacial score (nSPS) is 10.2. The Labute approximate surface area is 122 Å². The van der Waals surface area contributed by atoms with Gasteiger partial charge in [0.25, 0.3) is 0 Å². The molecule has 2 rings (SSSR count). The van der Waals surface area contributed by atoms with E-state index in [9.17, 15) is 0 Å².